The first-order chi connectivity index (χ1) is 10.00. The first kappa shape index (κ1) is 17.9. The maximum Gasteiger partial charge on any atom is 0.349 e. The van der Waals surface area contributed by atoms with E-state index in [9.17, 15) is 9.36 Å². The van der Waals surface area contributed by atoms with Gasteiger partial charge in [0.1, 0.15) is 0 Å². The van der Waals surface area contributed by atoms with Crippen LogP contribution in [0.3, 0.4) is 0 Å². The predicted octanol–water partition coefficient (Wildman–Crippen LogP) is 3.87. The summed E-state index contributed by atoms with van der Waals surface area (Å²) >= 11 is 0. The number of hydrogen-bond donors (Lipinski definition) is 0. The van der Waals surface area contributed by atoms with Crippen LogP contribution < -0.4 is 0 Å². The molecule has 0 amide bonds. The second-order valence-electron chi connectivity index (χ2n) is 4.39. The van der Waals surface area contributed by atoms with Gasteiger partial charge in [0.2, 0.25) is 0 Å². The SMILES string of the molecule is CCOC(=O)[C@@H](c1ccccc1C)P(=O)(OCC)OCC. The Balaban J connectivity index is 3.33. The van der Waals surface area contributed by atoms with Gasteiger partial charge >= 0.3 is 13.6 Å². The van der Waals surface area contributed by atoms with Gasteiger partial charge < -0.3 is 13.8 Å². The Morgan fingerprint density at radius 1 is 1.10 bits per heavy atom. The van der Waals surface area contributed by atoms with Crippen LogP contribution in [0, 0.1) is 6.92 Å². The average Bonchev–Trinajstić information content (AvgIpc) is 2.42. The summed E-state index contributed by atoms with van der Waals surface area (Å²) in [6, 6.07) is 7.25. The summed E-state index contributed by atoms with van der Waals surface area (Å²) < 4.78 is 28.8. The molecule has 118 valence electrons. The summed E-state index contributed by atoms with van der Waals surface area (Å²) in [7, 11) is -3.64. The van der Waals surface area contributed by atoms with Crippen LogP contribution in [0.4, 0.5) is 0 Å². The molecular weight excluding hydrogens is 291 g/mol. The van der Waals surface area contributed by atoms with Crippen molar-refractivity contribution < 1.29 is 23.1 Å². The third-order valence-corrected chi connectivity index (χ3v) is 5.28. The smallest absolute Gasteiger partial charge is 0.349 e. The second-order valence-corrected chi connectivity index (χ2v) is 6.50. The highest BCUT2D eigenvalue weighted by Crippen LogP contribution is 2.61. The normalized spacial score (nSPS) is 13.0. The van der Waals surface area contributed by atoms with Crippen LogP contribution in [0.2, 0.25) is 0 Å². The summed E-state index contributed by atoms with van der Waals surface area (Å²) in [4.78, 5) is 12.3. The number of esters is 1. The third kappa shape index (κ3) is 4.40. The molecule has 0 aliphatic carbocycles. The van der Waals surface area contributed by atoms with Crippen molar-refractivity contribution in [2.45, 2.75) is 33.4 Å². The molecule has 0 bridgehead atoms. The molecule has 5 nitrogen and oxygen atoms in total. The fourth-order valence-corrected chi connectivity index (χ4v) is 4.14. The molecule has 6 heteroatoms. The lowest BCUT2D eigenvalue weighted by Crippen LogP contribution is -2.20. The van der Waals surface area contributed by atoms with E-state index < -0.39 is 19.2 Å². The summed E-state index contributed by atoms with van der Waals surface area (Å²) in [5.74, 6) is -0.586. The molecule has 0 radical (unpaired) electrons. The molecule has 1 rings (SSSR count). The highest BCUT2D eigenvalue weighted by molar-refractivity contribution is 7.55. The zero-order valence-corrected chi connectivity index (χ0v) is 13.9. The number of carbonyl (C=O) groups excluding carboxylic acids is 1. The molecule has 21 heavy (non-hydrogen) atoms. The lowest BCUT2D eigenvalue weighted by Gasteiger charge is -2.26. The van der Waals surface area contributed by atoms with Crippen molar-refractivity contribution in [2.75, 3.05) is 19.8 Å². The number of carbonyl (C=O) groups is 1. The first-order valence-electron chi connectivity index (χ1n) is 7.11. The van der Waals surface area contributed by atoms with Gasteiger partial charge in [0.05, 0.1) is 19.8 Å². The van der Waals surface area contributed by atoms with Crippen molar-refractivity contribution in [1.82, 2.24) is 0 Å². The van der Waals surface area contributed by atoms with Crippen LogP contribution in [0.15, 0.2) is 24.3 Å². The highest BCUT2D eigenvalue weighted by atomic mass is 31.2. The van der Waals surface area contributed by atoms with Gasteiger partial charge in [0, 0.05) is 0 Å². The molecule has 0 N–H and O–H groups in total. The van der Waals surface area contributed by atoms with Gasteiger partial charge in [0.25, 0.3) is 0 Å². The van der Waals surface area contributed by atoms with Crippen molar-refractivity contribution in [1.29, 1.82) is 0 Å². The Morgan fingerprint density at radius 3 is 2.14 bits per heavy atom. The van der Waals surface area contributed by atoms with Crippen LogP contribution in [0.5, 0.6) is 0 Å². The first-order valence-corrected chi connectivity index (χ1v) is 8.72. The standard InChI is InChI=1S/C15H23O5P/c1-5-18-15(16)14(13-11-9-8-10-12(13)4)21(17,19-6-2)20-7-3/h8-11,14H,5-7H2,1-4H3/t14-/m1/s1. The number of rotatable bonds is 8. The summed E-state index contributed by atoms with van der Waals surface area (Å²) in [5.41, 5.74) is 0.398. The van der Waals surface area contributed by atoms with Crippen LogP contribution in [0.25, 0.3) is 0 Å². The number of benzene rings is 1. The van der Waals surface area contributed by atoms with E-state index >= 15 is 0 Å². The van der Waals surface area contributed by atoms with Gasteiger partial charge in [-0.1, -0.05) is 24.3 Å². The van der Waals surface area contributed by atoms with Gasteiger partial charge in [-0.15, -0.1) is 0 Å². The van der Waals surface area contributed by atoms with Crippen molar-refractivity contribution in [3.05, 3.63) is 35.4 Å². The van der Waals surface area contributed by atoms with Gasteiger partial charge in [0.15, 0.2) is 5.66 Å². The molecule has 1 aromatic rings. The van der Waals surface area contributed by atoms with Gasteiger partial charge in [-0.2, -0.15) is 0 Å². The zero-order valence-electron chi connectivity index (χ0n) is 13.0. The van der Waals surface area contributed by atoms with E-state index in [4.69, 9.17) is 13.8 Å². The van der Waals surface area contributed by atoms with E-state index in [1.807, 2.05) is 19.1 Å². The number of hydrogen-bond acceptors (Lipinski definition) is 5. The Hall–Kier alpha value is -1.16. The molecule has 0 heterocycles. The minimum Gasteiger partial charge on any atom is -0.465 e. The van der Waals surface area contributed by atoms with E-state index in [-0.39, 0.29) is 19.8 Å². The average molecular weight is 314 g/mol. The Bertz CT molecular complexity index is 505. The van der Waals surface area contributed by atoms with Crippen LogP contribution >= 0.6 is 7.60 Å². The third-order valence-electron chi connectivity index (χ3n) is 2.93. The molecule has 0 saturated carbocycles. The quantitative estimate of drug-likeness (QED) is 0.538. The maximum atomic E-state index is 13.0. The minimum atomic E-state index is -3.64. The van der Waals surface area contributed by atoms with Crippen LogP contribution in [0.1, 0.15) is 37.6 Å². The fourth-order valence-electron chi connectivity index (χ4n) is 2.09. The summed E-state index contributed by atoms with van der Waals surface area (Å²) in [6.07, 6.45) is 0. The molecule has 0 aromatic heterocycles. The van der Waals surface area contributed by atoms with Gasteiger partial charge in [-0.25, -0.2) is 0 Å². The zero-order chi connectivity index (χ0) is 15.9. The Morgan fingerprint density at radius 2 is 1.67 bits per heavy atom. The lowest BCUT2D eigenvalue weighted by molar-refractivity contribution is -0.143. The molecule has 1 atom stereocenters. The van der Waals surface area contributed by atoms with E-state index in [1.54, 1.807) is 32.9 Å². The highest BCUT2D eigenvalue weighted by Gasteiger charge is 2.44. The molecule has 0 unspecified atom stereocenters. The minimum absolute atomic E-state index is 0.194. The van der Waals surface area contributed by atoms with Crippen LogP contribution in [-0.2, 0) is 23.1 Å². The van der Waals surface area contributed by atoms with Crippen molar-refractivity contribution in [2.24, 2.45) is 0 Å². The Labute approximate surface area is 126 Å². The van der Waals surface area contributed by atoms with Gasteiger partial charge in [-0.3, -0.25) is 9.36 Å². The maximum absolute atomic E-state index is 13.0. The molecule has 0 saturated heterocycles. The molecule has 1 aromatic carbocycles. The second kappa shape index (κ2) is 8.32. The van der Waals surface area contributed by atoms with E-state index in [0.29, 0.717) is 5.56 Å². The van der Waals surface area contributed by atoms with Crippen LogP contribution in [-0.4, -0.2) is 25.8 Å². The fraction of sp³-hybridized carbons (Fsp3) is 0.533. The topological polar surface area (TPSA) is 61.8 Å². The Kier molecular flexibility index (Phi) is 7.09. The summed E-state index contributed by atoms with van der Waals surface area (Å²) in [6.45, 7) is 7.58. The predicted molar refractivity (Wildman–Crippen MR) is 81.4 cm³/mol. The molecular formula is C15H23O5P. The van der Waals surface area contributed by atoms with Gasteiger partial charge in [-0.05, 0) is 38.8 Å². The molecule has 0 spiro atoms. The van der Waals surface area contributed by atoms with Crippen molar-refractivity contribution >= 4 is 13.6 Å². The molecule has 0 aliphatic heterocycles. The van der Waals surface area contributed by atoms with E-state index in [0.717, 1.165) is 5.56 Å². The lowest BCUT2D eigenvalue weighted by atomic mass is 10.1. The number of aryl methyl sites for hydroxylation is 1. The molecule has 0 aliphatic rings. The largest absolute Gasteiger partial charge is 0.465 e. The monoisotopic (exact) mass is 314 g/mol. The number of ether oxygens (including phenoxy) is 1. The van der Waals surface area contributed by atoms with E-state index in [1.165, 1.54) is 0 Å². The summed E-state index contributed by atoms with van der Waals surface area (Å²) in [5, 5.41) is 0. The molecule has 0 fully saturated rings. The van der Waals surface area contributed by atoms with E-state index in [2.05, 4.69) is 0 Å². The van der Waals surface area contributed by atoms with Crippen molar-refractivity contribution in [3.63, 3.8) is 0 Å². The van der Waals surface area contributed by atoms with Crippen molar-refractivity contribution in [3.8, 4) is 0 Å².